The standard InChI is InChI=1S/C20H25N3O4/c1-12-17(13(2)23-20(25)22-12)6-7-19(24)21-10-14-8-15-4-5-16(26-3)9-18(15)27-11-14/h4-5,9,14H,6-8,10-11H2,1-3H3,(H,21,24)(H,22,23,25). The molecule has 2 N–H and O–H groups in total. The van der Waals surface area contributed by atoms with Crippen molar-refractivity contribution in [1.82, 2.24) is 15.3 Å². The number of hydrogen-bond donors (Lipinski definition) is 2. The molecule has 1 aromatic heterocycles. The largest absolute Gasteiger partial charge is 0.497 e. The van der Waals surface area contributed by atoms with Gasteiger partial charge < -0.3 is 19.8 Å². The van der Waals surface area contributed by atoms with Gasteiger partial charge in [0.1, 0.15) is 11.5 Å². The fraction of sp³-hybridized carbons (Fsp3) is 0.450. The number of H-pyrrole nitrogens is 1. The second-order valence-corrected chi connectivity index (χ2v) is 6.89. The molecule has 1 amide bonds. The van der Waals surface area contributed by atoms with Gasteiger partial charge in [-0.3, -0.25) is 4.79 Å². The smallest absolute Gasteiger partial charge is 0.345 e. The van der Waals surface area contributed by atoms with E-state index in [1.165, 1.54) is 0 Å². The van der Waals surface area contributed by atoms with Gasteiger partial charge in [0, 0.05) is 36.3 Å². The van der Waals surface area contributed by atoms with Crippen molar-refractivity contribution >= 4 is 5.91 Å². The summed E-state index contributed by atoms with van der Waals surface area (Å²) in [5, 5.41) is 2.99. The zero-order chi connectivity index (χ0) is 19.4. The van der Waals surface area contributed by atoms with Gasteiger partial charge in [0.25, 0.3) is 0 Å². The first-order chi connectivity index (χ1) is 13.0. The first-order valence-electron chi connectivity index (χ1n) is 9.09. The fourth-order valence-corrected chi connectivity index (χ4v) is 3.38. The lowest BCUT2D eigenvalue weighted by Gasteiger charge is -2.25. The van der Waals surface area contributed by atoms with E-state index >= 15 is 0 Å². The Labute approximate surface area is 158 Å². The number of nitrogens with zero attached hydrogens (tertiary/aromatic N) is 1. The van der Waals surface area contributed by atoms with Gasteiger partial charge in [-0.25, -0.2) is 4.79 Å². The Morgan fingerprint density at radius 3 is 2.96 bits per heavy atom. The average molecular weight is 371 g/mol. The summed E-state index contributed by atoms with van der Waals surface area (Å²) in [5.41, 5.74) is 3.15. The van der Waals surface area contributed by atoms with E-state index in [-0.39, 0.29) is 17.5 Å². The Kier molecular flexibility index (Phi) is 5.78. The van der Waals surface area contributed by atoms with E-state index in [0.717, 1.165) is 34.7 Å². The van der Waals surface area contributed by atoms with Gasteiger partial charge >= 0.3 is 5.69 Å². The van der Waals surface area contributed by atoms with Crippen molar-refractivity contribution in [3.63, 3.8) is 0 Å². The molecule has 1 aliphatic heterocycles. The summed E-state index contributed by atoms with van der Waals surface area (Å²) in [4.78, 5) is 30.1. The van der Waals surface area contributed by atoms with Crippen molar-refractivity contribution in [2.45, 2.75) is 33.1 Å². The summed E-state index contributed by atoms with van der Waals surface area (Å²) in [6.07, 6.45) is 1.77. The van der Waals surface area contributed by atoms with Crippen LogP contribution in [0.4, 0.5) is 0 Å². The van der Waals surface area contributed by atoms with Crippen LogP contribution in [0.2, 0.25) is 0 Å². The number of benzene rings is 1. The normalized spacial score (nSPS) is 15.6. The highest BCUT2D eigenvalue weighted by Crippen LogP contribution is 2.30. The second kappa shape index (κ2) is 8.24. The molecular formula is C20H25N3O4. The highest BCUT2D eigenvalue weighted by atomic mass is 16.5. The number of aromatic amines is 1. The third kappa shape index (κ3) is 4.67. The third-order valence-electron chi connectivity index (χ3n) is 4.90. The number of carbonyl (C=O) groups is 1. The van der Waals surface area contributed by atoms with E-state index in [4.69, 9.17) is 9.47 Å². The molecule has 1 unspecified atom stereocenters. The number of fused-ring (bicyclic) bond motifs is 1. The Morgan fingerprint density at radius 2 is 2.22 bits per heavy atom. The Hall–Kier alpha value is -2.83. The molecule has 2 aromatic rings. The number of nitrogens with one attached hydrogen (secondary N) is 2. The van der Waals surface area contributed by atoms with Crippen LogP contribution in [0.5, 0.6) is 11.5 Å². The van der Waals surface area contributed by atoms with Crippen LogP contribution in [0.3, 0.4) is 0 Å². The van der Waals surface area contributed by atoms with E-state index in [1.807, 2.05) is 25.1 Å². The number of amides is 1. The summed E-state index contributed by atoms with van der Waals surface area (Å²) >= 11 is 0. The number of carbonyl (C=O) groups excluding carboxylic acids is 1. The number of methoxy groups -OCH3 is 1. The topological polar surface area (TPSA) is 93.3 Å². The van der Waals surface area contributed by atoms with Crippen molar-refractivity contribution in [2.24, 2.45) is 5.92 Å². The van der Waals surface area contributed by atoms with Crippen LogP contribution in [-0.4, -0.2) is 36.1 Å². The van der Waals surface area contributed by atoms with Gasteiger partial charge in [-0.2, -0.15) is 4.98 Å². The molecular weight excluding hydrogens is 346 g/mol. The first kappa shape index (κ1) is 18.9. The lowest BCUT2D eigenvalue weighted by atomic mass is 9.96. The van der Waals surface area contributed by atoms with E-state index in [9.17, 15) is 9.59 Å². The molecule has 0 aliphatic carbocycles. The molecule has 7 heteroatoms. The maximum absolute atomic E-state index is 12.2. The molecule has 0 spiro atoms. The maximum Gasteiger partial charge on any atom is 0.345 e. The van der Waals surface area contributed by atoms with Gasteiger partial charge in [-0.15, -0.1) is 0 Å². The highest BCUT2D eigenvalue weighted by Gasteiger charge is 2.21. The summed E-state index contributed by atoms with van der Waals surface area (Å²) in [7, 11) is 1.63. The molecule has 0 saturated carbocycles. The lowest BCUT2D eigenvalue weighted by molar-refractivity contribution is -0.121. The predicted molar refractivity (Wildman–Crippen MR) is 101 cm³/mol. The van der Waals surface area contributed by atoms with E-state index in [2.05, 4.69) is 15.3 Å². The van der Waals surface area contributed by atoms with Crippen molar-refractivity contribution in [2.75, 3.05) is 20.3 Å². The van der Waals surface area contributed by atoms with Crippen molar-refractivity contribution in [1.29, 1.82) is 0 Å². The molecule has 1 aliphatic rings. The van der Waals surface area contributed by atoms with Gasteiger partial charge in [0.15, 0.2) is 0 Å². The number of ether oxygens (including phenoxy) is 2. The Balaban J connectivity index is 1.49. The van der Waals surface area contributed by atoms with Gasteiger partial charge in [-0.05, 0) is 43.9 Å². The molecule has 2 heterocycles. The monoisotopic (exact) mass is 371 g/mol. The number of aromatic nitrogens is 2. The van der Waals surface area contributed by atoms with Crippen molar-refractivity contribution in [3.05, 3.63) is 51.2 Å². The zero-order valence-corrected chi connectivity index (χ0v) is 15.9. The molecule has 0 fully saturated rings. The molecule has 144 valence electrons. The predicted octanol–water partition coefficient (Wildman–Crippen LogP) is 1.70. The SMILES string of the molecule is COc1ccc2c(c1)OCC(CNC(=O)CCc1c(C)nc(=O)[nH]c1C)C2. The zero-order valence-electron chi connectivity index (χ0n) is 15.9. The Bertz CT molecular complexity index is 865. The van der Waals surface area contributed by atoms with Crippen molar-refractivity contribution in [3.8, 4) is 11.5 Å². The highest BCUT2D eigenvalue weighted by molar-refractivity contribution is 5.76. The molecule has 0 radical (unpaired) electrons. The third-order valence-corrected chi connectivity index (χ3v) is 4.90. The first-order valence-corrected chi connectivity index (χ1v) is 9.09. The minimum Gasteiger partial charge on any atom is -0.497 e. The number of rotatable bonds is 6. The summed E-state index contributed by atoms with van der Waals surface area (Å²) in [5.74, 6) is 1.87. The van der Waals surface area contributed by atoms with Crippen LogP contribution in [0.15, 0.2) is 23.0 Å². The second-order valence-electron chi connectivity index (χ2n) is 6.89. The van der Waals surface area contributed by atoms with E-state index < -0.39 is 0 Å². The summed E-state index contributed by atoms with van der Waals surface area (Å²) < 4.78 is 11.0. The van der Waals surface area contributed by atoms with Crippen LogP contribution in [0, 0.1) is 19.8 Å². The maximum atomic E-state index is 12.2. The van der Waals surface area contributed by atoms with Gasteiger partial charge in [-0.1, -0.05) is 6.07 Å². The van der Waals surface area contributed by atoms with E-state index in [1.54, 1.807) is 14.0 Å². The summed E-state index contributed by atoms with van der Waals surface area (Å²) in [6, 6.07) is 5.83. The van der Waals surface area contributed by atoms with Crippen LogP contribution >= 0.6 is 0 Å². The Morgan fingerprint density at radius 1 is 1.41 bits per heavy atom. The molecule has 7 nitrogen and oxygen atoms in total. The average Bonchev–Trinajstić information content (AvgIpc) is 2.64. The van der Waals surface area contributed by atoms with Crippen molar-refractivity contribution < 1.29 is 14.3 Å². The van der Waals surface area contributed by atoms with Crippen LogP contribution in [0.1, 0.15) is 28.9 Å². The quantitative estimate of drug-likeness (QED) is 0.806. The molecule has 0 saturated heterocycles. The van der Waals surface area contributed by atoms with E-state index in [0.29, 0.717) is 31.7 Å². The fourth-order valence-electron chi connectivity index (χ4n) is 3.38. The van der Waals surface area contributed by atoms with Crippen LogP contribution in [0.25, 0.3) is 0 Å². The molecule has 3 rings (SSSR count). The molecule has 27 heavy (non-hydrogen) atoms. The van der Waals surface area contributed by atoms with Gasteiger partial charge in [0.2, 0.25) is 5.91 Å². The minimum absolute atomic E-state index is 0.0134. The molecule has 1 atom stereocenters. The number of aryl methyl sites for hydroxylation is 2. The number of hydrogen-bond acceptors (Lipinski definition) is 5. The molecule has 1 aromatic carbocycles. The minimum atomic E-state index is -0.353. The summed E-state index contributed by atoms with van der Waals surface area (Å²) in [6.45, 7) is 4.77. The van der Waals surface area contributed by atoms with Gasteiger partial charge in [0.05, 0.1) is 13.7 Å². The van der Waals surface area contributed by atoms with Crippen LogP contribution in [-0.2, 0) is 17.6 Å². The van der Waals surface area contributed by atoms with Crippen LogP contribution < -0.4 is 20.5 Å². The molecule has 0 bridgehead atoms. The lowest BCUT2D eigenvalue weighted by Crippen LogP contribution is -2.35.